The van der Waals surface area contributed by atoms with E-state index >= 15 is 0 Å². The van der Waals surface area contributed by atoms with Crippen LogP contribution in [0.2, 0.25) is 5.02 Å². The second-order valence-corrected chi connectivity index (χ2v) is 8.45. The zero-order chi connectivity index (χ0) is 24.9. The van der Waals surface area contributed by atoms with E-state index in [1.807, 2.05) is 36.4 Å². The summed E-state index contributed by atoms with van der Waals surface area (Å²) in [6.45, 7) is 1.85. The number of hydrogen-bond acceptors (Lipinski definition) is 4. The number of nitrogens with one attached hydrogen (secondary N) is 2. The van der Waals surface area contributed by atoms with Gasteiger partial charge in [0.25, 0.3) is 5.91 Å². The van der Waals surface area contributed by atoms with Crippen molar-refractivity contribution in [2.45, 2.75) is 12.8 Å². The third-order valence-electron chi connectivity index (χ3n) is 5.82. The Kier molecular flexibility index (Phi) is 7.17. The second-order valence-electron chi connectivity index (χ2n) is 8.05. The quantitative estimate of drug-likeness (QED) is 0.381. The molecule has 3 aromatic carbocycles. The minimum atomic E-state index is -1.13. The molecule has 0 heterocycles. The molecule has 0 aromatic heterocycles. The SMILES string of the molecule is C/C(=C\CNC(=O)OCC1c2ccccc2-c2ccccc21)C(=O)Nc1cc(C(=O)O)ccc1Cl. The van der Waals surface area contributed by atoms with Gasteiger partial charge in [-0.15, -0.1) is 0 Å². The van der Waals surface area contributed by atoms with Gasteiger partial charge < -0.3 is 20.5 Å². The van der Waals surface area contributed by atoms with Gasteiger partial charge in [-0.2, -0.15) is 0 Å². The Balaban J connectivity index is 1.31. The minimum absolute atomic E-state index is 0.00301. The van der Waals surface area contributed by atoms with Crippen LogP contribution in [0, 0.1) is 0 Å². The van der Waals surface area contributed by atoms with E-state index in [4.69, 9.17) is 21.4 Å². The smallest absolute Gasteiger partial charge is 0.407 e. The number of carboxylic acid groups (broad SMARTS) is 1. The molecule has 3 N–H and O–H groups in total. The van der Waals surface area contributed by atoms with E-state index < -0.39 is 18.0 Å². The molecule has 7 nitrogen and oxygen atoms in total. The van der Waals surface area contributed by atoms with Crippen molar-refractivity contribution < 1.29 is 24.2 Å². The van der Waals surface area contributed by atoms with Crippen LogP contribution in [0.25, 0.3) is 11.1 Å². The van der Waals surface area contributed by atoms with E-state index in [2.05, 4.69) is 22.8 Å². The molecule has 35 heavy (non-hydrogen) atoms. The largest absolute Gasteiger partial charge is 0.478 e. The van der Waals surface area contributed by atoms with Crippen LogP contribution in [0.4, 0.5) is 10.5 Å². The Labute approximate surface area is 207 Å². The van der Waals surface area contributed by atoms with Crippen molar-refractivity contribution in [1.82, 2.24) is 5.32 Å². The Bertz CT molecular complexity index is 1290. The van der Waals surface area contributed by atoms with E-state index in [-0.39, 0.29) is 35.3 Å². The highest BCUT2D eigenvalue weighted by atomic mass is 35.5. The molecule has 3 aromatic rings. The van der Waals surface area contributed by atoms with Crippen molar-refractivity contribution in [2.75, 3.05) is 18.5 Å². The molecule has 2 amide bonds. The number of carboxylic acids is 1. The fourth-order valence-electron chi connectivity index (χ4n) is 4.00. The number of benzene rings is 3. The molecule has 4 rings (SSSR count). The number of carbonyl (C=O) groups excluding carboxylic acids is 2. The van der Waals surface area contributed by atoms with Gasteiger partial charge in [0.15, 0.2) is 0 Å². The normalized spacial score (nSPS) is 12.5. The summed E-state index contributed by atoms with van der Waals surface area (Å²) in [6, 6.07) is 20.2. The zero-order valence-corrected chi connectivity index (χ0v) is 19.6. The highest BCUT2D eigenvalue weighted by Gasteiger charge is 2.28. The average molecular weight is 491 g/mol. The number of fused-ring (bicyclic) bond motifs is 3. The number of halogens is 1. The lowest BCUT2D eigenvalue weighted by molar-refractivity contribution is -0.112. The first-order valence-corrected chi connectivity index (χ1v) is 11.3. The van der Waals surface area contributed by atoms with Gasteiger partial charge in [0.05, 0.1) is 16.3 Å². The Hall–Kier alpha value is -4.10. The van der Waals surface area contributed by atoms with E-state index in [1.54, 1.807) is 6.92 Å². The molecule has 178 valence electrons. The summed E-state index contributed by atoms with van der Waals surface area (Å²) in [6.07, 6.45) is 0.944. The molecule has 0 saturated heterocycles. The molecular weight excluding hydrogens is 468 g/mol. The maximum absolute atomic E-state index is 12.4. The summed E-state index contributed by atoms with van der Waals surface area (Å²) < 4.78 is 5.48. The van der Waals surface area contributed by atoms with Crippen LogP contribution in [-0.4, -0.2) is 36.2 Å². The minimum Gasteiger partial charge on any atom is -0.478 e. The van der Waals surface area contributed by atoms with Gasteiger partial charge in [-0.1, -0.05) is 66.2 Å². The summed E-state index contributed by atoms with van der Waals surface area (Å²) in [5.41, 5.74) is 5.06. The Morgan fingerprint density at radius 1 is 1.00 bits per heavy atom. The number of ether oxygens (including phenoxy) is 1. The second kappa shape index (κ2) is 10.4. The maximum atomic E-state index is 12.4. The molecule has 1 aliphatic carbocycles. The molecule has 0 spiro atoms. The standard InChI is InChI=1S/C27H23ClN2O5/c1-16(25(31)30-24-14-17(26(32)33)10-11-23(24)28)12-13-29-27(34)35-15-22-20-8-4-2-6-18(20)19-7-3-5-9-21(19)22/h2-12,14,22H,13,15H2,1H3,(H,29,34)(H,30,31)(H,32,33)/b16-12+. The van der Waals surface area contributed by atoms with Crippen molar-refractivity contribution in [3.63, 3.8) is 0 Å². The van der Waals surface area contributed by atoms with Crippen molar-refractivity contribution >= 4 is 35.3 Å². The van der Waals surface area contributed by atoms with Crippen LogP contribution in [0.1, 0.15) is 34.3 Å². The van der Waals surface area contributed by atoms with E-state index in [1.165, 1.54) is 24.3 Å². The van der Waals surface area contributed by atoms with Crippen molar-refractivity contribution in [1.29, 1.82) is 0 Å². The first kappa shape index (κ1) is 24.0. The summed E-state index contributed by atoms with van der Waals surface area (Å²) in [5.74, 6) is -1.64. The predicted molar refractivity (Wildman–Crippen MR) is 134 cm³/mol. The summed E-state index contributed by atoms with van der Waals surface area (Å²) in [4.78, 5) is 35.8. The number of rotatable bonds is 7. The fraction of sp³-hybridized carbons (Fsp3) is 0.148. The van der Waals surface area contributed by atoms with Gasteiger partial charge in [0.2, 0.25) is 0 Å². The first-order valence-electron chi connectivity index (χ1n) is 10.9. The lowest BCUT2D eigenvalue weighted by Crippen LogP contribution is -2.26. The Morgan fingerprint density at radius 2 is 1.63 bits per heavy atom. The molecule has 0 fully saturated rings. The molecule has 0 radical (unpaired) electrons. The number of anilines is 1. The van der Waals surface area contributed by atoms with Gasteiger partial charge in [-0.3, -0.25) is 4.79 Å². The van der Waals surface area contributed by atoms with E-state index in [0.717, 1.165) is 22.3 Å². The summed E-state index contributed by atoms with van der Waals surface area (Å²) in [5, 5.41) is 14.5. The third kappa shape index (κ3) is 5.36. The van der Waals surface area contributed by atoms with Crippen LogP contribution in [0.3, 0.4) is 0 Å². The predicted octanol–water partition coefficient (Wildman–Crippen LogP) is 5.46. The van der Waals surface area contributed by atoms with Crippen molar-refractivity contribution in [3.05, 3.63) is 100 Å². The van der Waals surface area contributed by atoms with Gasteiger partial charge in [0, 0.05) is 18.0 Å². The molecule has 8 heteroatoms. The summed E-state index contributed by atoms with van der Waals surface area (Å²) >= 11 is 6.05. The molecule has 0 bridgehead atoms. The number of hydrogen-bond donors (Lipinski definition) is 3. The molecule has 0 aliphatic heterocycles. The van der Waals surface area contributed by atoms with Crippen LogP contribution in [-0.2, 0) is 9.53 Å². The third-order valence-corrected chi connectivity index (χ3v) is 6.15. The molecule has 0 saturated carbocycles. The molecule has 0 atom stereocenters. The topological polar surface area (TPSA) is 105 Å². The fourth-order valence-corrected chi connectivity index (χ4v) is 4.17. The number of amides is 2. The highest BCUT2D eigenvalue weighted by Crippen LogP contribution is 2.44. The van der Waals surface area contributed by atoms with E-state index in [9.17, 15) is 14.4 Å². The van der Waals surface area contributed by atoms with Crippen LogP contribution in [0.15, 0.2) is 78.4 Å². The lowest BCUT2D eigenvalue weighted by Gasteiger charge is -2.14. The Morgan fingerprint density at radius 3 is 2.26 bits per heavy atom. The van der Waals surface area contributed by atoms with Crippen LogP contribution >= 0.6 is 11.6 Å². The first-order chi connectivity index (χ1) is 16.8. The van der Waals surface area contributed by atoms with Crippen LogP contribution in [0.5, 0.6) is 0 Å². The molecular formula is C27H23ClN2O5. The monoisotopic (exact) mass is 490 g/mol. The van der Waals surface area contributed by atoms with Gasteiger partial charge in [-0.05, 0) is 47.4 Å². The number of carbonyl (C=O) groups is 3. The average Bonchev–Trinajstić information content (AvgIpc) is 3.17. The molecule has 1 aliphatic rings. The lowest BCUT2D eigenvalue weighted by atomic mass is 9.98. The zero-order valence-electron chi connectivity index (χ0n) is 18.9. The van der Waals surface area contributed by atoms with E-state index in [0.29, 0.717) is 5.57 Å². The van der Waals surface area contributed by atoms with Crippen molar-refractivity contribution in [3.8, 4) is 11.1 Å². The molecule has 0 unspecified atom stereocenters. The number of aromatic carboxylic acids is 1. The van der Waals surface area contributed by atoms with Gasteiger partial charge in [0.1, 0.15) is 6.61 Å². The highest BCUT2D eigenvalue weighted by molar-refractivity contribution is 6.34. The van der Waals surface area contributed by atoms with Crippen molar-refractivity contribution in [2.24, 2.45) is 0 Å². The van der Waals surface area contributed by atoms with Crippen LogP contribution < -0.4 is 10.6 Å². The van der Waals surface area contributed by atoms with Gasteiger partial charge in [-0.25, -0.2) is 9.59 Å². The maximum Gasteiger partial charge on any atom is 0.407 e. The number of alkyl carbamates (subject to hydrolysis) is 1. The van der Waals surface area contributed by atoms with Gasteiger partial charge >= 0.3 is 12.1 Å². The summed E-state index contributed by atoms with van der Waals surface area (Å²) in [7, 11) is 0.